The van der Waals surface area contributed by atoms with Gasteiger partial charge in [-0.3, -0.25) is 10.2 Å². The van der Waals surface area contributed by atoms with Crippen LogP contribution in [0.15, 0.2) is 24.3 Å². The number of hydrogen-bond donors (Lipinski definition) is 2. The number of anilines is 1. The van der Waals surface area contributed by atoms with Gasteiger partial charge in [-0.2, -0.15) is 0 Å². The van der Waals surface area contributed by atoms with Crippen molar-refractivity contribution >= 4 is 23.3 Å². The molecule has 0 spiro atoms. The Morgan fingerprint density at radius 2 is 1.89 bits per heavy atom. The van der Waals surface area contributed by atoms with Crippen molar-refractivity contribution in [3.63, 3.8) is 0 Å². The molecule has 0 saturated heterocycles. The second-order valence-electron chi connectivity index (χ2n) is 11.6. The first-order chi connectivity index (χ1) is 16.9. The van der Waals surface area contributed by atoms with E-state index in [9.17, 15) is 14.7 Å². The fraction of sp³-hybridized carbons (Fsp3) is 0.500. The third kappa shape index (κ3) is 4.12. The molecular formula is C28H34N4O4. The molecule has 8 heteroatoms. The SMILES string of the molecule is CC(C)(C)c1cc(C(=O)CN2Cc3ccc(C4CC4)nc3C2=N)cc2c1OCCN2C(C)(C)C(=O)O. The Balaban J connectivity index is 1.47. The fourth-order valence-electron chi connectivity index (χ4n) is 5.02. The molecular weight excluding hydrogens is 456 g/mol. The lowest BCUT2D eigenvalue weighted by molar-refractivity contribution is -0.142. The number of nitrogens with one attached hydrogen (secondary N) is 1. The van der Waals surface area contributed by atoms with Crippen molar-refractivity contribution in [1.82, 2.24) is 9.88 Å². The van der Waals surface area contributed by atoms with Crippen LogP contribution < -0.4 is 9.64 Å². The number of carboxylic acid groups (broad SMARTS) is 1. The fourth-order valence-corrected chi connectivity index (χ4v) is 5.02. The molecule has 1 saturated carbocycles. The third-order valence-corrected chi connectivity index (χ3v) is 7.48. The molecule has 0 atom stereocenters. The van der Waals surface area contributed by atoms with Crippen molar-refractivity contribution in [2.24, 2.45) is 0 Å². The summed E-state index contributed by atoms with van der Waals surface area (Å²) in [6, 6.07) is 7.71. The number of ketones is 1. The molecule has 0 bridgehead atoms. The number of aliphatic carboxylic acids is 1. The van der Waals surface area contributed by atoms with E-state index in [1.807, 2.05) is 23.1 Å². The summed E-state index contributed by atoms with van der Waals surface area (Å²) in [7, 11) is 0. The van der Waals surface area contributed by atoms with E-state index in [0.717, 1.165) is 29.7 Å². The number of Topliss-reactive ketones (excluding diaryl/α,β-unsaturated/α-hetero) is 1. The molecule has 1 aromatic carbocycles. The number of fused-ring (bicyclic) bond motifs is 2. The Hall–Kier alpha value is -3.42. The van der Waals surface area contributed by atoms with Crippen molar-refractivity contribution in [1.29, 1.82) is 5.41 Å². The molecule has 190 valence electrons. The summed E-state index contributed by atoms with van der Waals surface area (Å²) >= 11 is 0. The van der Waals surface area contributed by atoms with Gasteiger partial charge in [0.05, 0.1) is 18.8 Å². The van der Waals surface area contributed by atoms with Gasteiger partial charge in [-0.15, -0.1) is 0 Å². The van der Waals surface area contributed by atoms with E-state index in [4.69, 9.17) is 15.1 Å². The lowest BCUT2D eigenvalue weighted by Crippen LogP contribution is -2.53. The van der Waals surface area contributed by atoms with Gasteiger partial charge >= 0.3 is 5.97 Å². The van der Waals surface area contributed by atoms with Crippen LogP contribution in [-0.4, -0.2) is 57.8 Å². The maximum atomic E-state index is 13.6. The first-order valence-corrected chi connectivity index (χ1v) is 12.6. The monoisotopic (exact) mass is 490 g/mol. The Morgan fingerprint density at radius 1 is 1.17 bits per heavy atom. The smallest absolute Gasteiger partial charge is 0.328 e. The summed E-state index contributed by atoms with van der Waals surface area (Å²) in [5, 5.41) is 18.6. The first-order valence-electron chi connectivity index (χ1n) is 12.6. The van der Waals surface area contributed by atoms with E-state index in [0.29, 0.717) is 48.3 Å². The van der Waals surface area contributed by atoms with Crippen molar-refractivity contribution in [2.45, 2.75) is 70.9 Å². The Labute approximate surface area is 211 Å². The molecule has 2 aliphatic heterocycles. The molecule has 2 aromatic rings. The number of carboxylic acids is 1. The van der Waals surface area contributed by atoms with Gasteiger partial charge < -0.3 is 19.6 Å². The van der Waals surface area contributed by atoms with Gasteiger partial charge in [-0.1, -0.05) is 26.8 Å². The molecule has 1 aromatic heterocycles. The predicted molar refractivity (Wildman–Crippen MR) is 137 cm³/mol. The molecule has 3 aliphatic rings. The van der Waals surface area contributed by atoms with Crippen LogP contribution in [0.3, 0.4) is 0 Å². The van der Waals surface area contributed by atoms with Crippen LogP contribution in [-0.2, 0) is 16.8 Å². The highest BCUT2D eigenvalue weighted by Crippen LogP contribution is 2.44. The van der Waals surface area contributed by atoms with E-state index < -0.39 is 11.5 Å². The summed E-state index contributed by atoms with van der Waals surface area (Å²) in [5.41, 5.74) is 3.18. The van der Waals surface area contributed by atoms with Crippen LogP contribution in [0.2, 0.25) is 0 Å². The molecule has 0 amide bonds. The maximum absolute atomic E-state index is 13.6. The average molecular weight is 491 g/mol. The van der Waals surface area contributed by atoms with Crippen LogP contribution in [0, 0.1) is 5.41 Å². The molecule has 5 rings (SSSR count). The molecule has 2 N–H and O–H groups in total. The largest absolute Gasteiger partial charge is 0.489 e. The minimum absolute atomic E-state index is 0.0551. The number of rotatable bonds is 6. The second-order valence-corrected chi connectivity index (χ2v) is 11.6. The number of nitrogens with zero attached hydrogens (tertiary/aromatic N) is 3. The van der Waals surface area contributed by atoms with Crippen molar-refractivity contribution in [3.05, 3.63) is 52.3 Å². The number of benzene rings is 1. The molecule has 1 aliphatic carbocycles. The van der Waals surface area contributed by atoms with Crippen LogP contribution in [0.25, 0.3) is 0 Å². The minimum Gasteiger partial charge on any atom is -0.489 e. The third-order valence-electron chi connectivity index (χ3n) is 7.48. The van der Waals surface area contributed by atoms with Gasteiger partial charge in [0.15, 0.2) is 5.78 Å². The number of aromatic nitrogens is 1. The summed E-state index contributed by atoms with van der Waals surface area (Å²) in [6.45, 7) is 10.8. The van der Waals surface area contributed by atoms with E-state index in [1.54, 1.807) is 24.8 Å². The number of ether oxygens (including phenoxy) is 1. The molecule has 0 radical (unpaired) electrons. The van der Waals surface area contributed by atoms with Gasteiger partial charge in [0.1, 0.15) is 29.4 Å². The van der Waals surface area contributed by atoms with E-state index in [-0.39, 0.29) is 23.6 Å². The number of hydrogen-bond acceptors (Lipinski definition) is 6. The van der Waals surface area contributed by atoms with Crippen molar-refractivity contribution < 1.29 is 19.4 Å². The Morgan fingerprint density at radius 3 is 2.53 bits per heavy atom. The van der Waals surface area contributed by atoms with Crippen molar-refractivity contribution in [3.8, 4) is 5.75 Å². The summed E-state index contributed by atoms with van der Waals surface area (Å²) in [4.78, 5) is 34.0. The predicted octanol–water partition coefficient (Wildman–Crippen LogP) is 4.34. The van der Waals surface area contributed by atoms with E-state index in [2.05, 4.69) is 20.8 Å². The van der Waals surface area contributed by atoms with Gasteiger partial charge in [0, 0.05) is 34.8 Å². The highest BCUT2D eigenvalue weighted by molar-refractivity contribution is 6.05. The zero-order valence-corrected chi connectivity index (χ0v) is 21.6. The number of carbonyl (C=O) groups is 2. The molecule has 3 heterocycles. The lowest BCUT2D eigenvalue weighted by Gasteiger charge is -2.42. The van der Waals surface area contributed by atoms with Crippen molar-refractivity contribution in [2.75, 3.05) is 24.6 Å². The van der Waals surface area contributed by atoms with Gasteiger partial charge in [-0.05, 0) is 50.3 Å². The quantitative estimate of drug-likeness (QED) is 0.580. The number of carbonyl (C=O) groups excluding carboxylic acids is 1. The van der Waals surface area contributed by atoms with Crippen LogP contribution in [0.1, 0.15) is 86.3 Å². The number of amidine groups is 1. The molecule has 36 heavy (non-hydrogen) atoms. The Bertz CT molecular complexity index is 1270. The molecule has 8 nitrogen and oxygen atoms in total. The maximum Gasteiger partial charge on any atom is 0.328 e. The minimum atomic E-state index is -1.17. The Kier molecular flexibility index (Phi) is 5.61. The van der Waals surface area contributed by atoms with Gasteiger partial charge in [0.2, 0.25) is 0 Å². The summed E-state index contributed by atoms with van der Waals surface area (Å²) in [5.74, 6) is 0.363. The standard InChI is InChI=1S/C28H34N4O4/c1-27(2,3)19-12-18(13-21-24(19)36-11-10-32(21)28(4,5)26(34)35)22(33)15-31-14-17-8-9-20(16-6-7-16)30-23(17)25(31)29/h8-9,12-13,16,29H,6-7,10-11,14-15H2,1-5H3,(H,34,35). The highest BCUT2D eigenvalue weighted by Gasteiger charge is 2.40. The summed E-state index contributed by atoms with van der Waals surface area (Å²) in [6.07, 6.45) is 2.30. The molecule has 1 fully saturated rings. The van der Waals surface area contributed by atoms with Gasteiger partial charge in [0.25, 0.3) is 0 Å². The topological polar surface area (TPSA) is 107 Å². The highest BCUT2D eigenvalue weighted by atomic mass is 16.5. The second kappa shape index (κ2) is 8.32. The zero-order chi connectivity index (χ0) is 26.0. The van der Waals surface area contributed by atoms with Crippen LogP contribution in [0.4, 0.5) is 5.69 Å². The van der Waals surface area contributed by atoms with Gasteiger partial charge in [-0.25, -0.2) is 9.78 Å². The normalized spacial score (nSPS) is 17.5. The van der Waals surface area contributed by atoms with E-state index >= 15 is 0 Å². The van der Waals surface area contributed by atoms with E-state index in [1.165, 1.54) is 0 Å². The lowest BCUT2D eigenvalue weighted by atomic mass is 9.83. The first kappa shape index (κ1) is 24.3. The van der Waals surface area contributed by atoms with Crippen LogP contribution >= 0.6 is 0 Å². The average Bonchev–Trinajstić information content (AvgIpc) is 3.62. The zero-order valence-electron chi connectivity index (χ0n) is 21.6. The number of pyridine rings is 1. The summed E-state index contributed by atoms with van der Waals surface area (Å²) < 4.78 is 6.05. The van der Waals surface area contributed by atoms with Crippen LogP contribution in [0.5, 0.6) is 5.75 Å². The molecule has 0 unspecified atom stereocenters.